The highest BCUT2D eigenvalue weighted by atomic mass is 35.5. The minimum absolute atomic E-state index is 0.221. The quantitative estimate of drug-likeness (QED) is 0.301. The van der Waals surface area contributed by atoms with Gasteiger partial charge in [0.2, 0.25) is 5.91 Å². The van der Waals surface area contributed by atoms with Crippen LogP contribution >= 0.6 is 34.7 Å². The Morgan fingerprint density at radius 2 is 2.08 bits per heavy atom. The Balaban J connectivity index is 2.68. The molecule has 2 aromatic heterocycles. The standard InChI is InChI=1S/C15H19ClN4O3S2/c1-4-6-17-12-9-10(18-8(21)7-16)11(14(22)23-5-2)25-13(9)20-15(19-12)24-3/h4-7H2,1-3H3,(H,18,21)(H,17,19,20). The molecular formula is C15H19ClN4O3S2. The van der Waals surface area contributed by atoms with Crippen LogP contribution in [0.4, 0.5) is 11.5 Å². The Labute approximate surface area is 158 Å². The maximum atomic E-state index is 12.3. The number of aromatic nitrogens is 2. The number of rotatable bonds is 8. The number of thioether (sulfide) groups is 1. The zero-order chi connectivity index (χ0) is 18.4. The molecule has 2 N–H and O–H groups in total. The maximum absolute atomic E-state index is 12.3. The summed E-state index contributed by atoms with van der Waals surface area (Å²) in [6, 6.07) is 0. The lowest BCUT2D eigenvalue weighted by Crippen LogP contribution is -2.16. The van der Waals surface area contributed by atoms with Crippen molar-refractivity contribution in [3.05, 3.63) is 4.88 Å². The molecule has 0 spiro atoms. The van der Waals surface area contributed by atoms with Gasteiger partial charge in [0.05, 0.1) is 17.7 Å². The fourth-order valence-electron chi connectivity index (χ4n) is 2.08. The van der Waals surface area contributed by atoms with Gasteiger partial charge >= 0.3 is 5.97 Å². The number of hydrogen-bond donors (Lipinski definition) is 2. The Hall–Kier alpha value is -1.58. The van der Waals surface area contributed by atoms with Gasteiger partial charge in [0, 0.05) is 6.54 Å². The molecule has 0 saturated carbocycles. The Bertz CT molecular complexity index is 782. The molecule has 0 aliphatic carbocycles. The van der Waals surface area contributed by atoms with Gasteiger partial charge in [0.1, 0.15) is 21.4 Å². The molecule has 1 amide bonds. The minimum Gasteiger partial charge on any atom is -0.462 e. The van der Waals surface area contributed by atoms with Gasteiger partial charge in [0.15, 0.2) is 5.16 Å². The van der Waals surface area contributed by atoms with Gasteiger partial charge in [-0.25, -0.2) is 14.8 Å². The van der Waals surface area contributed by atoms with Crippen LogP contribution in [0.25, 0.3) is 10.2 Å². The Morgan fingerprint density at radius 1 is 1.32 bits per heavy atom. The summed E-state index contributed by atoms with van der Waals surface area (Å²) in [4.78, 5) is 34.0. The highest BCUT2D eigenvalue weighted by molar-refractivity contribution is 7.98. The van der Waals surface area contributed by atoms with Crippen LogP contribution < -0.4 is 10.6 Å². The number of carbonyl (C=O) groups excluding carboxylic acids is 2. The van der Waals surface area contributed by atoms with Gasteiger partial charge in [-0.1, -0.05) is 18.7 Å². The van der Waals surface area contributed by atoms with E-state index in [0.29, 0.717) is 33.4 Å². The first-order valence-corrected chi connectivity index (χ1v) is 10.3. The largest absolute Gasteiger partial charge is 0.462 e. The molecule has 0 aromatic carbocycles. The average molecular weight is 403 g/mol. The first kappa shape index (κ1) is 19.7. The summed E-state index contributed by atoms with van der Waals surface area (Å²) < 4.78 is 5.10. The Morgan fingerprint density at radius 3 is 2.68 bits per heavy atom. The molecule has 7 nitrogen and oxygen atoms in total. The molecule has 0 unspecified atom stereocenters. The minimum atomic E-state index is -0.512. The summed E-state index contributed by atoms with van der Waals surface area (Å²) in [6.07, 6.45) is 2.78. The smallest absolute Gasteiger partial charge is 0.350 e. The van der Waals surface area contributed by atoms with E-state index in [2.05, 4.69) is 20.6 Å². The van der Waals surface area contributed by atoms with Crippen molar-refractivity contribution in [2.75, 3.05) is 35.9 Å². The van der Waals surface area contributed by atoms with E-state index in [4.69, 9.17) is 16.3 Å². The second-order valence-electron chi connectivity index (χ2n) is 4.87. The van der Waals surface area contributed by atoms with Crippen molar-refractivity contribution in [1.82, 2.24) is 9.97 Å². The summed E-state index contributed by atoms with van der Waals surface area (Å²) in [5.74, 6) is -0.571. The number of ether oxygens (including phenoxy) is 1. The summed E-state index contributed by atoms with van der Waals surface area (Å²) in [6.45, 7) is 4.70. The van der Waals surface area contributed by atoms with Crippen molar-refractivity contribution in [3.8, 4) is 0 Å². The number of thiophene rings is 1. The molecule has 10 heteroatoms. The fourth-order valence-corrected chi connectivity index (χ4v) is 3.59. The predicted molar refractivity (Wildman–Crippen MR) is 103 cm³/mol. The van der Waals surface area contributed by atoms with Crippen molar-refractivity contribution >= 4 is 68.3 Å². The van der Waals surface area contributed by atoms with Gasteiger partial charge < -0.3 is 15.4 Å². The lowest BCUT2D eigenvalue weighted by molar-refractivity contribution is -0.113. The lowest BCUT2D eigenvalue weighted by Gasteiger charge is -2.10. The van der Waals surface area contributed by atoms with E-state index in [1.165, 1.54) is 11.8 Å². The maximum Gasteiger partial charge on any atom is 0.350 e. The molecule has 2 rings (SSSR count). The van der Waals surface area contributed by atoms with E-state index >= 15 is 0 Å². The monoisotopic (exact) mass is 402 g/mol. The molecule has 0 aliphatic rings. The number of hydrogen-bond acceptors (Lipinski definition) is 8. The molecule has 0 fully saturated rings. The predicted octanol–water partition coefficient (Wildman–Crippen LogP) is 3.59. The SMILES string of the molecule is CCCNc1nc(SC)nc2sc(C(=O)OCC)c(NC(=O)CCl)c12. The molecular weight excluding hydrogens is 384 g/mol. The molecule has 0 atom stereocenters. The Kier molecular flexibility index (Phi) is 7.27. The summed E-state index contributed by atoms with van der Waals surface area (Å²) >= 11 is 8.18. The third kappa shape index (κ3) is 4.53. The first-order valence-electron chi connectivity index (χ1n) is 7.70. The first-order chi connectivity index (χ1) is 12.0. The second kappa shape index (κ2) is 9.21. The molecule has 0 bridgehead atoms. The van der Waals surface area contributed by atoms with E-state index in [0.717, 1.165) is 17.8 Å². The fraction of sp³-hybridized carbons (Fsp3) is 0.467. The van der Waals surface area contributed by atoms with Gasteiger partial charge in [-0.05, 0) is 19.6 Å². The van der Waals surface area contributed by atoms with Crippen molar-refractivity contribution in [3.63, 3.8) is 0 Å². The number of fused-ring (bicyclic) bond motifs is 1. The molecule has 2 heterocycles. The van der Waals surface area contributed by atoms with Crippen LogP contribution in [-0.2, 0) is 9.53 Å². The second-order valence-corrected chi connectivity index (χ2v) is 6.91. The number of esters is 1. The van der Waals surface area contributed by atoms with Crippen LogP contribution in [-0.4, -0.2) is 47.1 Å². The summed E-state index contributed by atoms with van der Waals surface area (Å²) in [7, 11) is 0. The van der Waals surface area contributed by atoms with Gasteiger partial charge in [0.25, 0.3) is 0 Å². The normalized spacial score (nSPS) is 10.7. The third-order valence-electron chi connectivity index (χ3n) is 3.10. The number of nitrogens with zero attached hydrogens (tertiary/aromatic N) is 2. The van der Waals surface area contributed by atoms with Crippen LogP contribution in [0.1, 0.15) is 29.9 Å². The van der Waals surface area contributed by atoms with E-state index in [9.17, 15) is 9.59 Å². The van der Waals surface area contributed by atoms with Crippen LogP contribution in [0, 0.1) is 0 Å². The highest BCUT2D eigenvalue weighted by Crippen LogP contribution is 2.40. The van der Waals surface area contributed by atoms with Crippen molar-refractivity contribution < 1.29 is 14.3 Å². The number of anilines is 2. The topological polar surface area (TPSA) is 93.2 Å². The molecule has 0 aliphatic heterocycles. The molecule has 0 saturated heterocycles. The summed E-state index contributed by atoms with van der Waals surface area (Å²) in [5.41, 5.74) is 0.343. The molecule has 136 valence electrons. The van der Waals surface area contributed by atoms with Gasteiger partial charge in [-0.3, -0.25) is 4.79 Å². The third-order valence-corrected chi connectivity index (χ3v) is 4.96. The van der Waals surface area contributed by atoms with E-state index in [-0.39, 0.29) is 17.4 Å². The number of carbonyl (C=O) groups is 2. The molecule has 0 radical (unpaired) electrons. The van der Waals surface area contributed by atoms with Crippen molar-refractivity contribution in [2.24, 2.45) is 0 Å². The summed E-state index contributed by atoms with van der Waals surface area (Å²) in [5, 5.41) is 7.10. The van der Waals surface area contributed by atoms with Crippen LogP contribution in [0.15, 0.2) is 5.16 Å². The van der Waals surface area contributed by atoms with Gasteiger partial charge in [-0.15, -0.1) is 22.9 Å². The van der Waals surface area contributed by atoms with Crippen molar-refractivity contribution in [2.45, 2.75) is 25.4 Å². The number of halogens is 1. The lowest BCUT2D eigenvalue weighted by atomic mass is 10.2. The van der Waals surface area contributed by atoms with Gasteiger partial charge in [-0.2, -0.15) is 0 Å². The molecule has 25 heavy (non-hydrogen) atoms. The number of alkyl halides is 1. The molecule has 2 aromatic rings. The number of nitrogens with one attached hydrogen (secondary N) is 2. The number of amides is 1. The van der Waals surface area contributed by atoms with Crippen molar-refractivity contribution in [1.29, 1.82) is 0 Å². The van der Waals surface area contributed by atoms with E-state index in [1.54, 1.807) is 6.92 Å². The van der Waals surface area contributed by atoms with E-state index in [1.807, 2.05) is 13.2 Å². The zero-order valence-corrected chi connectivity index (χ0v) is 16.5. The average Bonchev–Trinajstić information content (AvgIpc) is 2.98. The van der Waals surface area contributed by atoms with E-state index < -0.39 is 11.9 Å². The van der Waals surface area contributed by atoms with Crippen LogP contribution in [0.5, 0.6) is 0 Å². The zero-order valence-electron chi connectivity index (χ0n) is 14.1. The van der Waals surface area contributed by atoms with Crippen LogP contribution in [0.3, 0.4) is 0 Å². The highest BCUT2D eigenvalue weighted by Gasteiger charge is 2.25. The van der Waals surface area contributed by atoms with Crippen LogP contribution in [0.2, 0.25) is 0 Å².